The molecule has 0 radical (unpaired) electrons. The molecule has 5 heteroatoms. The van der Waals surface area contributed by atoms with Gasteiger partial charge in [-0.25, -0.2) is 0 Å². The van der Waals surface area contributed by atoms with Gasteiger partial charge < -0.3 is 24.8 Å². The number of methoxy groups -OCH3 is 1. The van der Waals surface area contributed by atoms with E-state index >= 15 is 0 Å². The molecule has 0 aromatic carbocycles. The fraction of sp³-hybridized carbons (Fsp3) is 1.00. The van der Waals surface area contributed by atoms with Crippen molar-refractivity contribution in [3.05, 3.63) is 0 Å². The van der Waals surface area contributed by atoms with E-state index in [1.54, 1.807) is 6.92 Å². The third kappa shape index (κ3) is 2.24. The first-order valence-electron chi connectivity index (χ1n) is 4.73. The highest BCUT2D eigenvalue weighted by Gasteiger charge is 2.41. The molecule has 84 valence electrons. The van der Waals surface area contributed by atoms with Gasteiger partial charge >= 0.3 is 0 Å². The molecule has 0 aliphatic carbocycles. The summed E-state index contributed by atoms with van der Waals surface area (Å²) in [5.74, 6) is -0.318. The topological polar surface area (TPSA) is 79.2 Å². The summed E-state index contributed by atoms with van der Waals surface area (Å²) >= 11 is 0. The molecule has 1 heterocycles. The molecule has 1 aliphatic rings. The molecule has 0 aromatic rings. The van der Waals surface area contributed by atoms with Gasteiger partial charge in [0, 0.05) is 13.0 Å². The van der Waals surface area contributed by atoms with Crippen LogP contribution in [0.2, 0.25) is 0 Å². The van der Waals surface area contributed by atoms with Crippen molar-refractivity contribution in [3.8, 4) is 0 Å². The second-order valence-corrected chi connectivity index (χ2v) is 3.69. The summed E-state index contributed by atoms with van der Waals surface area (Å²) in [5, 5.41) is 28.3. The Labute approximate surface area is 83.3 Å². The predicted octanol–water partition coefficient (Wildman–Crippen LogP) is -1.25. The minimum Gasteiger partial charge on any atom is -0.394 e. The number of aliphatic hydroxyl groups is 3. The lowest BCUT2D eigenvalue weighted by Crippen LogP contribution is -2.55. The van der Waals surface area contributed by atoms with Crippen molar-refractivity contribution in [2.75, 3.05) is 20.3 Å². The predicted molar refractivity (Wildman–Crippen MR) is 48.8 cm³/mol. The summed E-state index contributed by atoms with van der Waals surface area (Å²) in [5.41, 5.74) is 0. The normalized spacial score (nSPS) is 43.9. The Morgan fingerprint density at radius 1 is 1.21 bits per heavy atom. The standard InChI is InChI=1S/C9H18O5/c1-5-8(11)6(3-10)14-7(4-13-2)9(5)12/h5-12H,3-4H2,1-2H3/t5-,6?,7?,8?,9+/m1/s1. The van der Waals surface area contributed by atoms with Gasteiger partial charge in [-0.05, 0) is 0 Å². The zero-order valence-electron chi connectivity index (χ0n) is 8.46. The van der Waals surface area contributed by atoms with Gasteiger partial charge in [0.15, 0.2) is 0 Å². The molecule has 3 unspecified atom stereocenters. The Morgan fingerprint density at radius 2 is 1.79 bits per heavy atom. The quantitative estimate of drug-likeness (QED) is 0.538. The fourth-order valence-corrected chi connectivity index (χ4v) is 1.72. The maximum atomic E-state index is 9.71. The van der Waals surface area contributed by atoms with Crippen LogP contribution in [-0.4, -0.2) is 60.1 Å². The second-order valence-electron chi connectivity index (χ2n) is 3.69. The Hall–Kier alpha value is -0.200. The molecular formula is C9H18O5. The molecule has 1 rings (SSSR count). The average molecular weight is 206 g/mol. The van der Waals surface area contributed by atoms with E-state index in [2.05, 4.69) is 0 Å². The summed E-state index contributed by atoms with van der Waals surface area (Å²) in [6, 6.07) is 0. The molecule has 0 bridgehead atoms. The van der Waals surface area contributed by atoms with Crippen LogP contribution in [0.25, 0.3) is 0 Å². The molecule has 1 aliphatic heterocycles. The van der Waals surface area contributed by atoms with Crippen LogP contribution in [0.15, 0.2) is 0 Å². The van der Waals surface area contributed by atoms with E-state index in [-0.39, 0.29) is 19.1 Å². The van der Waals surface area contributed by atoms with Crippen LogP contribution in [0.5, 0.6) is 0 Å². The molecule has 5 nitrogen and oxygen atoms in total. The molecule has 3 N–H and O–H groups in total. The SMILES string of the molecule is COCC1OC(CO)C(O)[C@@H](C)[C@@H]1O. The second kappa shape index (κ2) is 5.04. The molecule has 0 amide bonds. The van der Waals surface area contributed by atoms with E-state index in [0.717, 1.165) is 0 Å². The maximum Gasteiger partial charge on any atom is 0.108 e. The van der Waals surface area contributed by atoms with Gasteiger partial charge in [-0.2, -0.15) is 0 Å². The number of ether oxygens (including phenoxy) is 2. The van der Waals surface area contributed by atoms with Crippen LogP contribution < -0.4 is 0 Å². The highest BCUT2D eigenvalue weighted by atomic mass is 16.6. The monoisotopic (exact) mass is 206 g/mol. The molecule has 0 spiro atoms. The highest BCUT2D eigenvalue weighted by molar-refractivity contribution is 4.89. The smallest absolute Gasteiger partial charge is 0.108 e. The van der Waals surface area contributed by atoms with E-state index < -0.39 is 24.4 Å². The molecule has 1 fully saturated rings. The third-order valence-electron chi connectivity index (χ3n) is 2.70. The number of aliphatic hydroxyl groups excluding tert-OH is 3. The fourth-order valence-electron chi connectivity index (χ4n) is 1.72. The Bertz CT molecular complexity index is 171. The van der Waals surface area contributed by atoms with E-state index in [0.29, 0.717) is 0 Å². The zero-order chi connectivity index (χ0) is 10.7. The number of hydrogen-bond acceptors (Lipinski definition) is 5. The first-order valence-corrected chi connectivity index (χ1v) is 4.73. The third-order valence-corrected chi connectivity index (χ3v) is 2.70. The molecule has 14 heavy (non-hydrogen) atoms. The van der Waals surface area contributed by atoms with Gasteiger partial charge in [0.05, 0.1) is 25.4 Å². The van der Waals surface area contributed by atoms with Crippen LogP contribution >= 0.6 is 0 Å². The largest absolute Gasteiger partial charge is 0.394 e. The molecule has 1 saturated heterocycles. The first-order chi connectivity index (χ1) is 6.61. The lowest BCUT2D eigenvalue weighted by atomic mass is 9.88. The lowest BCUT2D eigenvalue weighted by molar-refractivity contribution is -0.215. The summed E-state index contributed by atoms with van der Waals surface area (Å²) in [4.78, 5) is 0. The van der Waals surface area contributed by atoms with Gasteiger partial charge in [-0.1, -0.05) is 6.92 Å². The summed E-state index contributed by atoms with van der Waals surface area (Å²) in [6.45, 7) is 1.73. The average Bonchev–Trinajstić information content (AvgIpc) is 2.19. The van der Waals surface area contributed by atoms with E-state index in [4.69, 9.17) is 14.6 Å². The van der Waals surface area contributed by atoms with E-state index in [1.807, 2.05) is 0 Å². The van der Waals surface area contributed by atoms with Crippen molar-refractivity contribution >= 4 is 0 Å². The number of rotatable bonds is 3. The van der Waals surface area contributed by atoms with Crippen LogP contribution in [0.3, 0.4) is 0 Å². The van der Waals surface area contributed by atoms with Gasteiger partial charge in [0.2, 0.25) is 0 Å². The maximum absolute atomic E-state index is 9.71. The summed E-state index contributed by atoms with van der Waals surface area (Å²) in [6.07, 6.45) is -2.69. The Kier molecular flexibility index (Phi) is 4.28. The van der Waals surface area contributed by atoms with Crippen LogP contribution in [-0.2, 0) is 9.47 Å². The van der Waals surface area contributed by atoms with Crippen LogP contribution in [0.1, 0.15) is 6.92 Å². The van der Waals surface area contributed by atoms with Crippen molar-refractivity contribution in [2.24, 2.45) is 5.92 Å². The van der Waals surface area contributed by atoms with Crippen molar-refractivity contribution in [1.29, 1.82) is 0 Å². The van der Waals surface area contributed by atoms with Gasteiger partial charge in [0.1, 0.15) is 12.2 Å². The van der Waals surface area contributed by atoms with Crippen molar-refractivity contribution in [2.45, 2.75) is 31.3 Å². The first kappa shape index (κ1) is 11.9. The van der Waals surface area contributed by atoms with Crippen molar-refractivity contribution in [1.82, 2.24) is 0 Å². The van der Waals surface area contributed by atoms with Crippen LogP contribution in [0.4, 0.5) is 0 Å². The Balaban J connectivity index is 2.63. The van der Waals surface area contributed by atoms with Gasteiger partial charge in [-0.3, -0.25) is 0 Å². The lowest BCUT2D eigenvalue weighted by Gasteiger charge is -2.40. The zero-order valence-corrected chi connectivity index (χ0v) is 8.46. The van der Waals surface area contributed by atoms with Crippen LogP contribution in [0, 0.1) is 5.92 Å². The van der Waals surface area contributed by atoms with Crippen molar-refractivity contribution in [3.63, 3.8) is 0 Å². The number of hydrogen-bond donors (Lipinski definition) is 3. The van der Waals surface area contributed by atoms with Gasteiger partial charge in [0.25, 0.3) is 0 Å². The molecule has 0 aromatic heterocycles. The molecule has 5 atom stereocenters. The highest BCUT2D eigenvalue weighted by Crippen LogP contribution is 2.25. The van der Waals surface area contributed by atoms with Crippen molar-refractivity contribution < 1.29 is 24.8 Å². The summed E-state index contributed by atoms with van der Waals surface area (Å²) < 4.78 is 10.2. The van der Waals surface area contributed by atoms with Gasteiger partial charge in [-0.15, -0.1) is 0 Å². The van der Waals surface area contributed by atoms with E-state index in [9.17, 15) is 10.2 Å². The minimum absolute atomic E-state index is 0.252. The Morgan fingerprint density at radius 3 is 2.29 bits per heavy atom. The molecular weight excluding hydrogens is 188 g/mol. The molecule has 0 saturated carbocycles. The minimum atomic E-state index is -0.830. The van der Waals surface area contributed by atoms with E-state index in [1.165, 1.54) is 7.11 Å². The summed E-state index contributed by atoms with van der Waals surface area (Å²) in [7, 11) is 1.51.